The Bertz CT molecular complexity index is 981. The highest BCUT2D eigenvalue weighted by Crippen LogP contribution is 2.68. The molecule has 0 aromatic heterocycles. The van der Waals surface area contributed by atoms with Crippen LogP contribution in [0.25, 0.3) is 0 Å². The van der Waals surface area contributed by atoms with Gasteiger partial charge in [0.1, 0.15) is 11.9 Å². The molecule has 4 rings (SSSR count). The molecule has 8 atom stereocenters. The predicted molar refractivity (Wildman–Crippen MR) is 136 cm³/mol. The molecule has 6 heteroatoms. The number of hydrogen-bond acceptors (Lipinski definition) is 6. The lowest BCUT2D eigenvalue weighted by Crippen LogP contribution is -2.63. The first-order chi connectivity index (χ1) is 16.0. The number of ether oxygens (including phenoxy) is 1. The van der Waals surface area contributed by atoms with Gasteiger partial charge < -0.3 is 15.6 Å². The molecule has 0 spiro atoms. The number of rotatable bonds is 5. The van der Waals surface area contributed by atoms with Crippen molar-refractivity contribution in [2.24, 2.45) is 34.0 Å². The van der Waals surface area contributed by atoms with Crippen LogP contribution >= 0.6 is 11.8 Å². The summed E-state index contributed by atoms with van der Waals surface area (Å²) in [5.74, 6) is 0.0675. The first-order valence-corrected chi connectivity index (χ1v) is 13.5. The van der Waals surface area contributed by atoms with Crippen molar-refractivity contribution in [3.05, 3.63) is 36.9 Å². The number of hydrogen-bond donors (Lipinski definition) is 2. The Morgan fingerprint density at radius 3 is 2.68 bits per heavy atom. The summed E-state index contributed by atoms with van der Waals surface area (Å²) in [6.45, 7) is 12.5. The second kappa shape index (κ2) is 9.02. The molecule has 186 valence electrons. The minimum atomic E-state index is -0.656. The fourth-order valence-electron chi connectivity index (χ4n) is 7.44. The number of aliphatic hydroxyl groups is 1. The van der Waals surface area contributed by atoms with E-state index in [1.54, 1.807) is 0 Å². The van der Waals surface area contributed by atoms with E-state index in [4.69, 9.17) is 10.5 Å². The van der Waals surface area contributed by atoms with E-state index in [2.05, 4.69) is 27.4 Å². The van der Waals surface area contributed by atoms with Gasteiger partial charge in [-0.1, -0.05) is 45.9 Å². The lowest BCUT2D eigenvalue weighted by molar-refractivity contribution is -0.205. The van der Waals surface area contributed by atoms with Gasteiger partial charge in [0.25, 0.3) is 0 Å². The summed E-state index contributed by atoms with van der Waals surface area (Å²) in [7, 11) is 0. The van der Waals surface area contributed by atoms with Crippen molar-refractivity contribution in [1.82, 2.24) is 0 Å². The first-order valence-electron chi connectivity index (χ1n) is 12.5. The first kappa shape index (κ1) is 25.3. The highest BCUT2D eigenvalue weighted by molar-refractivity contribution is 8.00. The Hall–Kier alpha value is -1.79. The van der Waals surface area contributed by atoms with E-state index in [0.29, 0.717) is 18.5 Å². The van der Waals surface area contributed by atoms with Crippen LogP contribution in [-0.2, 0) is 14.3 Å². The fraction of sp³-hybridized carbons (Fsp3) is 0.643. The highest BCUT2D eigenvalue weighted by Gasteiger charge is 2.68. The molecule has 0 aliphatic heterocycles. The van der Waals surface area contributed by atoms with Gasteiger partial charge in [-0.05, 0) is 55.1 Å². The number of Topliss-reactive ketones (excluding diaryl/α,β-unsaturated/α-hetero) is 1. The molecule has 1 aromatic carbocycles. The summed E-state index contributed by atoms with van der Waals surface area (Å²) in [6.07, 6.45) is 4.36. The third-order valence-electron chi connectivity index (χ3n) is 9.84. The summed E-state index contributed by atoms with van der Waals surface area (Å²) < 4.78 is 6.27. The van der Waals surface area contributed by atoms with Gasteiger partial charge in [0, 0.05) is 33.8 Å². The second-order valence-corrected chi connectivity index (χ2v) is 12.4. The minimum Gasteiger partial charge on any atom is -0.461 e. The summed E-state index contributed by atoms with van der Waals surface area (Å²) in [6, 6.07) is 7.47. The van der Waals surface area contributed by atoms with Gasteiger partial charge in [-0.2, -0.15) is 0 Å². The number of aliphatic hydroxyl groups excluding tert-OH is 1. The summed E-state index contributed by atoms with van der Waals surface area (Å²) >= 11 is 1.37. The molecule has 0 radical (unpaired) electrons. The van der Waals surface area contributed by atoms with Gasteiger partial charge in [0.2, 0.25) is 0 Å². The zero-order valence-electron chi connectivity index (χ0n) is 20.9. The molecule has 3 aliphatic carbocycles. The predicted octanol–water partition coefficient (Wildman–Crippen LogP) is 5.27. The maximum Gasteiger partial charge on any atom is 0.316 e. The molecule has 0 heterocycles. The van der Waals surface area contributed by atoms with E-state index in [9.17, 15) is 14.7 Å². The van der Waals surface area contributed by atoms with Gasteiger partial charge in [0.15, 0.2) is 0 Å². The van der Waals surface area contributed by atoms with Crippen LogP contribution in [0.4, 0.5) is 5.69 Å². The molecule has 0 amide bonds. The van der Waals surface area contributed by atoms with E-state index in [0.717, 1.165) is 24.2 Å². The number of anilines is 1. The normalized spacial score (nSPS) is 41.8. The number of carbonyl (C=O) groups is 2. The lowest BCUT2D eigenvalue weighted by Gasteiger charge is -2.61. The summed E-state index contributed by atoms with van der Waals surface area (Å²) in [5.41, 5.74) is 5.30. The maximum atomic E-state index is 13.4. The minimum absolute atomic E-state index is 0.0352. The van der Waals surface area contributed by atoms with Crippen molar-refractivity contribution in [2.75, 3.05) is 11.5 Å². The topological polar surface area (TPSA) is 89.6 Å². The third-order valence-corrected chi connectivity index (χ3v) is 10.9. The monoisotopic (exact) mass is 485 g/mol. The number of benzene rings is 1. The quantitative estimate of drug-likeness (QED) is 0.256. The van der Waals surface area contributed by atoms with Gasteiger partial charge in [0.05, 0.1) is 11.9 Å². The molecular weight excluding hydrogens is 446 g/mol. The Morgan fingerprint density at radius 2 is 2.00 bits per heavy atom. The molecule has 0 unspecified atom stereocenters. The molecule has 3 N–H and O–H groups in total. The second-order valence-electron chi connectivity index (χ2n) is 11.4. The number of para-hydroxylation sites is 1. The van der Waals surface area contributed by atoms with Crippen molar-refractivity contribution < 1.29 is 19.4 Å². The van der Waals surface area contributed by atoms with E-state index < -0.39 is 23.0 Å². The average Bonchev–Trinajstić information content (AvgIpc) is 3.17. The zero-order valence-corrected chi connectivity index (χ0v) is 21.7. The number of ketones is 1. The van der Waals surface area contributed by atoms with Crippen molar-refractivity contribution in [1.29, 1.82) is 0 Å². The molecule has 2 bridgehead atoms. The molecule has 3 aliphatic rings. The lowest BCUT2D eigenvalue weighted by atomic mass is 9.44. The van der Waals surface area contributed by atoms with E-state index in [1.807, 2.05) is 37.3 Å². The largest absolute Gasteiger partial charge is 0.461 e. The van der Waals surface area contributed by atoms with Gasteiger partial charge in [-0.15, -0.1) is 18.3 Å². The molecule has 5 nitrogen and oxygen atoms in total. The van der Waals surface area contributed by atoms with Crippen LogP contribution in [0.3, 0.4) is 0 Å². The van der Waals surface area contributed by atoms with E-state index in [1.165, 1.54) is 11.8 Å². The Balaban J connectivity index is 1.69. The van der Waals surface area contributed by atoms with Gasteiger partial charge >= 0.3 is 5.97 Å². The number of thioether (sulfide) groups is 1. The SMILES string of the molecule is C=C[C@]1(C)C[C@@H](OC(=O)CSc2ccccc2N)[C@]2(C)[C@H](C)CC[C@]3(CCC(=O)[C@H]32)[C@@H](C)[C@@H]1O. The van der Waals surface area contributed by atoms with Crippen LogP contribution in [0.15, 0.2) is 41.8 Å². The Morgan fingerprint density at radius 1 is 1.29 bits per heavy atom. The standard InChI is InChI=1S/C28H39NO4S/c1-6-26(4)15-22(33-23(31)16-34-21-10-8-7-9-19(21)29)27(5)17(2)11-13-28(18(3)25(26)32)14-12-20(30)24(27)28/h6-10,17-18,22,24-25,32H,1,11-16,29H2,2-5H3/t17-,18+,22-,24+,25+,26-,27+,28+/m1/s1. The van der Waals surface area contributed by atoms with Crippen LogP contribution in [0, 0.1) is 34.0 Å². The van der Waals surface area contributed by atoms with Crippen molar-refractivity contribution in [3.8, 4) is 0 Å². The fourth-order valence-corrected chi connectivity index (χ4v) is 8.19. The van der Waals surface area contributed by atoms with E-state index >= 15 is 0 Å². The number of esters is 1. The molecule has 0 saturated heterocycles. The number of nitrogens with two attached hydrogens (primary N) is 1. The highest BCUT2D eigenvalue weighted by atomic mass is 32.2. The van der Waals surface area contributed by atoms with Gasteiger partial charge in [-0.3, -0.25) is 9.59 Å². The van der Waals surface area contributed by atoms with Crippen LogP contribution in [0.2, 0.25) is 0 Å². The smallest absolute Gasteiger partial charge is 0.316 e. The molecule has 3 saturated carbocycles. The van der Waals surface area contributed by atoms with Crippen molar-refractivity contribution in [3.63, 3.8) is 0 Å². The Labute approximate surface area is 207 Å². The summed E-state index contributed by atoms with van der Waals surface area (Å²) in [4.78, 5) is 27.4. The number of nitrogen functional groups attached to an aromatic ring is 1. The third kappa shape index (κ3) is 3.81. The molecule has 34 heavy (non-hydrogen) atoms. The van der Waals surface area contributed by atoms with Crippen molar-refractivity contribution >= 4 is 29.2 Å². The Kier molecular flexibility index (Phi) is 6.71. The zero-order chi connectivity index (χ0) is 24.9. The summed E-state index contributed by atoms with van der Waals surface area (Å²) in [5, 5.41) is 11.6. The van der Waals surface area contributed by atoms with E-state index in [-0.39, 0.29) is 40.7 Å². The molecule has 3 fully saturated rings. The molecular formula is C28H39NO4S. The van der Waals surface area contributed by atoms with Crippen LogP contribution < -0.4 is 5.73 Å². The van der Waals surface area contributed by atoms with Crippen molar-refractivity contribution in [2.45, 2.75) is 76.9 Å². The number of carbonyl (C=O) groups excluding carboxylic acids is 2. The van der Waals surface area contributed by atoms with Crippen LogP contribution in [0.5, 0.6) is 0 Å². The molecule has 1 aromatic rings. The van der Waals surface area contributed by atoms with Crippen LogP contribution in [-0.4, -0.2) is 34.8 Å². The van der Waals surface area contributed by atoms with Crippen LogP contribution in [0.1, 0.15) is 59.8 Å². The average molecular weight is 486 g/mol. The maximum absolute atomic E-state index is 13.4. The van der Waals surface area contributed by atoms with Gasteiger partial charge in [-0.25, -0.2) is 0 Å².